The van der Waals surface area contributed by atoms with E-state index in [-0.39, 0.29) is 14.0 Å². The lowest BCUT2D eigenvalue weighted by Gasteiger charge is -2.19. The summed E-state index contributed by atoms with van der Waals surface area (Å²) in [5, 5.41) is 2.89. The van der Waals surface area contributed by atoms with E-state index in [4.69, 9.17) is 5.73 Å². The Labute approximate surface area is 111 Å². The lowest BCUT2D eigenvalue weighted by molar-refractivity contribution is 0.720. The molecule has 2 aromatic carbocycles. The first-order chi connectivity index (χ1) is 8.77. The summed E-state index contributed by atoms with van der Waals surface area (Å²) in [5.41, 5.74) is 5.91. The van der Waals surface area contributed by atoms with E-state index in [0.29, 0.717) is 0 Å². The maximum atomic E-state index is 5.91. The summed E-state index contributed by atoms with van der Waals surface area (Å²) in [4.78, 5) is 0. The molecule has 0 saturated heterocycles. The van der Waals surface area contributed by atoms with Crippen molar-refractivity contribution in [3.8, 4) is 0 Å². The van der Waals surface area contributed by atoms with E-state index in [9.17, 15) is 0 Å². The van der Waals surface area contributed by atoms with Crippen LogP contribution in [0.15, 0.2) is 60.7 Å². The van der Waals surface area contributed by atoms with Gasteiger partial charge in [-0.25, -0.2) is 0 Å². The summed E-state index contributed by atoms with van der Waals surface area (Å²) in [6.45, 7) is 2.09. The van der Waals surface area contributed by atoms with E-state index in [1.54, 1.807) is 0 Å². The summed E-state index contributed by atoms with van der Waals surface area (Å²) in [7, 11) is -0.263. The van der Waals surface area contributed by atoms with Crippen LogP contribution in [-0.2, 0) is 0 Å². The fraction of sp³-hybridized carbons (Fsp3) is 0.250. The van der Waals surface area contributed by atoms with Gasteiger partial charge in [-0.3, -0.25) is 0 Å². The zero-order chi connectivity index (χ0) is 12.8. The molecule has 94 valence electrons. The van der Waals surface area contributed by atoms with Gasteiger partial charge in [0.15, 0.2) is 0 Å². The third kappa shape index (κ3) is 3.66. The summed E-state index contributed by atoms with van der Waals surface area (Å²) >= 11 is 0. The fourth-order valence-corrected chi connectivity index (χ4v) is 4.50. The van der Waals surface area contributed by atoms with Crippen molar-refractivity contribution >= 4 is 18.5 Å². The van der Waals surface area contributed by atoms with Crippen molar-refractivity contribution in [2.45, 2.75) is 19.4 Å². The van der Waals surface area contributed by atoms with Crippen molar-refractivity contribution in [3.63, 3.8) is 0 Å². The molecular formula is C16H20NP. The Morgan fingerprint density at radius 1 is 0.889 bits per heavy atom. The molecule has 0 aromatic heterocycles. The average Bonchev–Trinajstić information content (AvgIpc) is 2.41. The number of benzene rings is 2. The third-order valence-electron chi connectivity index (χ3n) is 2.94. The summed E-state index contributed by atoms with van der Waals surface area (Å²) in [6, 6.07) is 21.9. The third-order valence-corrected chi connectivity index (χ3v) is 5.49. The zero-order valence-electron chi connectivity index (χ0n) is 10.8. The normalized spacial score (nSPS) is 12.6. The second-order valence-electron chi connectivity index (χ2n) is 4.59. The molecule has 18 heavy (non-hydrogen) atoms. The van der Waals surface area contributed by atoms with Crippen LogP contribution in [-0.4, -0.2) is 12.2 Å². The van der Waals surface area contributed by atoms with Crippen molar-refractivity contribution in [2.24, 2.45) is 5.73 Å². The summed E-state index contributed by atoms with van der Waals surface area (Å²) in [6.07, 6.45) is 2.25. The van der Waals surface area contributed by atoms with Gasteiger partial charge in [0.05, 0.1) is 0 Å². The molecule has 2 aromatic rings. The SMILES string of the molecule is CC(N)CCP(c1ccccc1)c1ccccc1. The predicted octanol–water partition coefficient (Wildman–Crippen LogP) is 2.86. The Hall–Kier alpha value is -1.17. The Balaban J connectivity index is 2.24. The van der Waals surface area contributed by atoms with Gasteiger partial charge in [-0.1, -0.05) is 60.7 Å². The second kappa shape index (κ2) is 6.68. The van der Waals surface area contributed by atoms with Gasteiger partial charge in [0.1, 0.15) is 0 Å². The average molecular weight is 257 g/mol. The lowest BCUT2D eigenvalue weighted by Crippen LogP contribution is -2.20. The van der Waals surface area contributed by atoms with Crippen LogP contribution in [0.5, 0.6) is 0 Å². The van der Waals surface area contributed by atoms with Gasteiger partial charge in [-0.15, -0.1) is 0 Å². The molecule has 2 N–H and O–H groups in total. The highest BCUT2D eigenvalue weighted by Gasteiger charge is 2.13. The molecule has 0 saturated carbocycles. The van der Waals surface area contributed by atoms with Gasteiger partial charge in [-0.2, -0.15) is 0 Å². The van der Waals surface area contributed by atoms with E-state index in [2.05, 4.69) is 67.6 Å². The van der Waals surface area contributed by atoms with Crippen LogP contribution in [0.25, 0.3) is 0 Å². The molecule has 2 rings (SSSR count). The highest BCUT2D eigenvalue weighted by Crippen LogP contribution is 2.34. The summed E-state index contributed by atoms with van der Waals surface area (Å²) < 4.78 is 0. The van der Waals surface area contributed by atoms with E-state index in [1.807, 2.05) is 0 Å². The molecule has 1 atom stereocenters. The standard InChI is InChI=1S/C16H20NP/c1-14(17)12-13-18(15-8-4-2-5-9-15)16-10-6-3-7-11-16/h2-11,14H,12-13,17H2,1H3. The van der Waals surface area contributed by atoms with Crippen molar-refractivity contribution < 1.29 is 0 Å². The topological polar surface area (TPSA) is 26.0 Å². The van der Waals surface area contributed by atoms with Crippen molar-refractivity contribution in [1.82, 2.24) is 0 Å². The molecule has 0 aliphatic rings. The number of rotatable bonds is 5. The molecule has 0 amide bonds. The van der Waals surface area contributed by atoms with Crippen molar-refractivity contribution in [1.29, 1.82) is 0 Å². The monoisotopic (exact) mass is 257 g/mol. The second-order valence-corrected chi connectivity index (χ2v) is 6.92. The Bertz CT molecular complexity index is 414. The maximum Gasteiger partial charge on any atom is 0.00140 e. The summed E-state index contributed by atoms with van der Waals surface area (Å²) in [5.74, 6) is 0. The highest BCUT2D eigenvalue weighted by atomic mass is 31.1. The molecule has 1 nitrogen and oxygen atoms in total. The fourth-order valence-electron chi connectivity index (χ4n) is 1.96. The molecule has 0 radical (unpaired) electrons. The first kappa shape index (κ1) is 13.3. The van der Waals surface area contributed by atoms with Gasteiger partial charge in [0.25, 0.3) is 0 Å². The van der Waals surface area contributed by atoms with Crippen LogP contribution in [0.2, 0.25) is 0 Å². The molecule has 0 aliphatic carbocycles. The first-order valence-corrected chi connectivity index (χ1v) is 7.93. The molecule has 0 fully saturated rings. The number of hydrogen-bond acceptors (Lipinski definition) is 1. The molecule has 2 heteroatoms. The zero-order valence-corrected chi connectivity index (χ0v) is 11.7. The maximum absolute atomic E-state index is 5.91. The highest BCUT2D eigenvalue weighted by molar-refractivity contribution is 7.73. The predicted molar refractivity (Wildman–Crippen MR) is 82.2 cm³/mol. The Kier molecular flexibility index (Phi) is 4.92. The van der Waals surface area contributed by atoms with Crippen molar-refractivity contribution in [3.05, 3.63) is 60.7 Å². The van der Waals surface area contributed by atoms with Crippen molar-refractivity contribution in [2.75, 3.05) is 6.16 Å². The van der Waals surface area contributed by atoms with Crippen LogP contribution in [0.4, 0.5) is 0 Å². The smallest absolute Gasteiger partial charge is 0.00140 e. The molecule has 0 aliphatic heterocycles. The lowest BCUT2D eigenvalue weighted by atomic mass is 10.3. The first-order valence-electron chi connectivity index (χ1n) is 6.40. The van der Waals surface area contributed by atoms with E-state index >= 15 is 0 Å². The number of hydrogen-bond donors (Lipinski definition) is 1. The van der Waals surface area contributed by atoms with Gasteiger partial charge < -0.3 is 5.73 Å². The van der Waals surface area contributed by atoms with Gasteiger partial charge in [-0.05, 0) is 38.0 Å². The molecular weight excluding hydrogens is 237 g/mol. The minimum absolute atomic E-state index is 0.263. The van der Waals surface area contributed by atoms with Crippen LogP contribution in [0, 0.1) is 0 Å². The largest absolute Gasteiger partial charge is 0.328 e. The Morgan fingerprint density at radius 2 is 1.33 bits per heavy atom. The van der Waals surface area contributed by atoms with Crippen LogP contribution < -0.4 is 16.3 Å². The molecule has 0 bridgehead atoms. The van der Waals surface area contributed by atoms with Gasteiger partial charge in [0.2, 0.25) is 0 Å². The van der Waals surface area contributed by atoms with E-state index in [1.165, 1.54) is 16.8 Å². The van der Waals surface area contributed by atoms with Crippen LogP contribution >= 0.6 is 7.92 Å². The Morgan fingerprint density at radius 3 is 1.72 bits per heavy atom. The van der Waals surface area contributed by atoms with Gasteiger partial charge in [0, 0.05) is 6.04 Å². The molecule has 0 spiro atoms. The quantitative estimate of drug-likeness (QED) is 0.819. The van der Waals surface area contributed by atoms with E-state index in [0.717, 1.165) is 6.42 Å². The van der Waals surface area contributed by atoms with Crippen LogP contribution in [0.3, 0.4) is 0 Å². The van der Waals surface area contributed by atoms with Gasteiger partial charge >= 0.3 is 0 Å². The minimum atomic E-state index is -0.263. The van der Waals surface area contributed by atoms with Crippen LogP contribution in [0.1, 0.15) is 13.3 Å². The van der Waals surface area contributed by atoms with E-state index < -0.39 is 0 Å². The molecule has 0 heterocycles. The minimum Gasteiger partial charge on any atom is -0.328 e. The number of nitrogens with two attached hydrogens (primary N) is 1. The molecule has 1 unspecified atom stereocenters.